The second kappa shape index (κ2) is 7.57. The number of piperidine rings is 1. The van der Waals surface area contributed by atoms with E-state index < -0.39 is 16.6 Å². The fraction of sp³-hybridized carbons (Fsp3) is 0.625. The summed E-state index contributed by atoms with van der Waals surface area (Å²) in [6.07, 6.45) is 2.83. The van der Waals surface area contributed by atoms with Gasteiger partial charge in [-0.1, -0.05) is 0 Å². The van der Waals surface area contributed by atoms with Crippen LogP contribution < -0.4 is 10.2 Å². The molecule has 1 aliphatic heterocycles. The molecule has 2 rings (SSSR count). The van der Waals surface area contributed by atoms with Gasteiger partial charge in [-0.05, 0) is 68.6 Å². The van der Waals surface area contributed by atoms with Crippen LogP contribution in [0.4, 0.5) is 16.3 Å². The standard InChI is InChI=1S/C16H24N4O4/c1-16(2,3)24-15(21)19(11-12-6-8-17-9-7-12)13-4-5-14(18-10-13)20(22)23/h4-5,10,12,17H,6-9,11H2,1-3H3. The van der Waals surface area contributed by atoms with Crippen LogP contribution in [0.1, 0.15) is 33.6 Å². The van der Waals surface area contributed by atoms with E-state index >= 15 is 0 Å². The topological polar surface area (TPSA) is 97.6 Å². The van der Waals surface area contributed by atoms with Gasteiger partial charge >= 0.3 is 11.9 Å². The fourth-order valence-corrected chi connectivity index (χ4v) is 2.57. The lowest BCUT2D eigenvalue weighted by atomic mass is 9.97. The van der Waals surface area contributed by atoms with Gasteiger partial charge in [-0.15, -0.1) is 0 Å². The van der Waals surface area contributed by atoms with Crippen molar-refractivity contribution in [3.8, 4) is 0 Å². The minimum atomic E-state index is -0.613. The van der Waals surface area contributed by atoms with Gasteiger partial charge in [-0.3, -0.25) is 4.90 Å². The number of ether oxygens (including phenoxy) is 1. The third-order valence-corrected chi connectivity index (χ3v) is 3.74. The molecular weight excluding hydrogens is 312 g/mol. The predicted octanol–water partition coefficient (Wildman–Crippen LogP) is 2.73. The van der Waals surface area contributed by atoms with Gasteiger partial charge in [-0.25, -0.2) is 4.79 Å². The normalized spacial score (nSPS) is 15.8. The first-order chi connectivity index (χ1) is 11.3. The summed E-state index contributed by atoms with van der Waals surface area (Å²) >= 11 is 0. The molecule has 24 heavy (non-hydrogen) atoms. The van der Waals surface area contributed by atoms with E-state index in [1.54, 1.807) is 0 Å². The lowest BCUT2D eigenvalue weighted by molar-refractivity contribution is -0.389. The lowest BCUT2D eigenvalue weighted by Crippen LogP contribution is -2.42. The van der Waals surface area contributed by atoms with Gasteiger partial charge in [0.15, 0.2) is 6.20 Å². The SMILES string of the molecule is CC(C)(C)OC(=O)N(CC1CCNCC1)c1ccc([N+](=O)[O-])nc1. The zero-order valence-electron chi connectivity index (χ0n) is 14.3. The second-order valence-corrected chi connectivity index (χ2v) is 6.92. The smallest absolute Gasteiger partial charge is 0.414 e. The van der Waals surface area contributed by atoms with Crippen LogP contribution in [0.5, 0.6) is 0 Å². The number of carbonyl (C=O) groups excluding carboxylic acids is 1. The van der Waals surface area contributed by atoms with Gasteiger partial charge in [0.1, 0.15) is 5.60 Å². The summed E-state index contributed by atoms with van der Waals surface area (Å²) in [6, 6.07) is 2.84. The molecule has 0 radical (unpaired) electrons. The molecule has 0 unspecified atom stereocenters. The van der Waals surface area contributed by atoms with Crippen LogP contribution in [0.3, 0.4) is 0 Å². The molecule has 1 saturated heterocycles. The number of nitrogens with one attached hydrogen (secondary N) is 1. The van der Waals surface area contributed by atoms with E-state index in [4.69, 9.17) is 4.74 Å². The van der Waals surface area contributed by atoms with Crippen LogP contribution in [0.15, 0.2) is 18.3 Å². The molecule has 0 bridgehead atoms. The molecule has 1 aromatic rings. The van der Waals surface area contributed by atoms with E-state index in [-0.39, 0.29) is 5.82 Å². The second-order valence-electron chi connectivity index (χ2n) is 6.92. The van der Waals surface area contributed by atoms with Crippen molar-refractivity contribution in [3.63, 3.8) is 0 Å². The minimum absolute atomic E-state index is 0.246. The molecule has 0 spiro atoms. The number of carbonyl (C=O) groups is 1. The molecular formula is C16H24N4O4. The van der Waals surface area contributed by atoms with Crippen molar-refractivity contribution in [3.05, 3.63) is 28.4 Å². The molecule has 8 nitrogen and oxygen atoms in total. The van der Waals surface area contributed by atoms with Gasteiger partial charge < -0.3 is 20.2 Å². The summed E-state index contributed by atoms with van der Waals surface area (Å²) in [6.45, 7) is 7.78. The third-order valence-electron chi connectivity index (χ3n) is 3.74. The Morgan fingerprint density at radius 2 is 2.08 bits per heavy atom. The Balaban J connectivity index is 2.20. The molecule has 132 valence electrons. The van der Waals surface area contributed by atoms with Gasteiger partial charge in [0, 0.05) is 12.6 Å². The monoisotopic (exact) mass is 336 g/mol. The Hall–Kier alpha value is -2.22. The first kappa shape index (κ1) is 18.1. The number of amides is 1. The van der Waals surface area contributed by atoms with Crippen molar-refractivity contribution in [2.45, 2.75) is 39.2 Å². The molecule has 1 amide bonds. The Labute approximate surface area is 141 Å². The van der Waals surface area contributed by atoms with Gasteiger partial charge in [0.05, 0.1) is 5.69 Å². The third kappa shape index (κ3) is 5.16. The molecule has 0 aromatic carbocycles. The molecule has 0 atom stereocenters. The first-order valence-corrected chi connectivity index (χ1v) is 8.08. The van der Waals surface area contributed by atoms with Crippen molar-refractivity contribution < 1.29 is 14.5 Å². The molecule has 1 fully saturated rings. The Morgan fingerprint density at radius 1 is 1.42 bits per heavy atom. The lowest BCUT2D eigenvalue weighted by Gasteiger charge is -2.31. The van der Waals surface area contributed by atoms with Gasteiger partial charge in [0.2, 0.25) is 0 Å². The largest absolute Gasteiger partial charge is 0.443 e. The molecule has 1 aromatic heterocycles. The van der Waals surface area contributed by atoms with E-state index in [0.717, 1.165) is 25.9 Å². The van der Waals surface area contributed by atoms with Crippen molar-refractivity contribution in [1.29, 1.82) is 0 Å². The summed E-state index contributed by atoms with van der Waals surface area (Å²) in [4.78, 5) is 28.1. The minimum Gasteiger partial charge on any atom is -0.443 e. The molecule has 8 heteroatoms. The van der Waals surface area contributed by atoms with Gasteiger partial charge in [0.25, 0.3) is 0 Å². The summed E-state index contributed by atoms with van der Waals surface area (Å²) in [5.41, 5.74) is -0.106. The molecule has 1 aliphatic rings. The van der Waals surface area contributed by atoms with Crippen molar-refractivity contribution in [2.24, 2.45) is 5.92 Å². The Morgan fingerprint density at radius 3 is 2.58 bits per heavy atom. The van der Waals surface area contributed by atoms with E-state index in [9.17, 15) is 14.9 Å². The summed E-state index contributed by atoms with van der Waals surface area (Å²) in [7, 11) is 0. The maximum atomic E-state index is 12.6. The number of pyridine rings is 1. The number of hydrogen-bond donors (Lipinski definition) is 1. The molecule has 0 saturated carbocycles. The van der Waals surface area contributed by atoms with Crippen LogP contribution in [0.25, 0.3) is 0 Å². The number of hydrogen-bond acceptors (Lipinski definition) is 6. The number of nitrogens with zero attached hydrogens (tertiary/aromatic N) is 3. The first-order valence-electron chi connectivity index (χ1n) is 8.08. The zero-order chi connectivity index (χ0) is 17.7. The highest BCUT2D eigenvalue weighted by Crippen LogP contribution is 2.23. The predicted molar refractivity (Wildman–Crippen MR) is 90.1 cm³/mol. The van der Waals surface area contributed by atoms with Crippen LogP contribution in [0, 0.1) is 16.0 Å². The summed E-state index contributed by atoms with van der Waals surface area (Å²) in [5, 5.41) is 14.0. The number of aromatic nitrogens is 1. The van der Waals surface area contributed by atoms with E-state index in [0.29, 0.717) is 18.2 Å². The van der Waals surface area contributed by atoms with Crippen molar-refractivity contribution in [2.75, 3.05) is 24.5 Å². The maximum absolute atomic E-state index is 12.6. The van der Waals surface area contributed by atoms with Crippen LogP contribution >= 0.6 is 0 Å². The number of rotatable bonds is 4. The molecule has 0 aliphatic carbocycles. The molecule has 2 heterocycles. The van der Waals surface area contributed by atoms with Crippen LogP contribution in [0.2, 0.25) is 0 Å². The highest BCUT2D eigenvalue weighted by molar-refractivity contribution is 5.87. The Bertz CT molecular complexity index is 577. The van der Waals surface area contributed by atoms with Crippen LogP contribution in [-0.2, 0) is 4.74 Å². The average molecular weight is 336 g/mol. The number of anilines is 1. The van der Waals surface area contributed by atoms with E-state index in [2.05, 4.69) is 10.3 Å². The van der Waals surface area contributed by atoms with Crippen molar-refractivity contribution in [1.82, 2.24) is 10.3 Å². The summed E-state index contributed by atoms with van der Waals surface area (Å²) < 4.78 is 5.48. The zero-order valence-corrected chi connectivity index (χ0v) is 14.3. The van der Waals surface area contributed by atoms with Crippen molar-refractivity contribution >= 4 is 17.6 Å². The van der Waals surface area contributed by atoms with Crippen LogP contribution in [-0.4, -0.2) is 41.2 Å². The maximum Gasteiger partial charge on any atom is 0.414 e. The number of nitro groups is 1. The van der Waals surface area contributed by atoms with Gasteiger partial charge in [-0.2, -0.15) is 0 Å². The average Bonchev–Trinajstić information content (AvgIpc) is 2.52. The Kier molecular flexibility index (Phi) is 5.71. The molecule has 1 N–H and O–H groups in total. The highest BCUT2D eigenvalue weighted by Gasteiger charge is 2.27. The van der Waals surface area contributed by atoms with E-state index in [1.807, 2.05) is 20.8 Å². The highest BCUT2D eigenvalue weighted by atomic mass is 16.6. The quantitative estimate of drug-likeness (QED) is 0.670. The fourth-order valence-electron chi connectivity index (χ4n) is 2.57. The van der Waals surface area contributed by atoms with E-state index in [1.165, 1.54) is 23.2 Å². The summed E-state index contributed by atoms with van der Waals surface area (Å²) in [5.74, 6) is 0.110.